The Morgan fingerprint density at radius 3 is 2.05 bits per heavy atom. The molecule has 21 heavy (non-hydrogen) atoms. The van der Waals surface area contributed by atoms with E-state index in [2.05, 4.69) is 33.0 Å². The van der Waals surface area contributed by atoms with Gasteiger partial charge in [0.2, 0.25) is 0 Å². The molecule has 0 aliphatic rings. The van der Waals surface area contributed by atoms with E-state index in [1.54, 1.807) is 0 Å². The maximum Gasteiger partial charge on any atom is 0.0799 e. The molecule has 0 aliphatic carbocycles. The molecular formula is C18H38ClNO. The highest BCUT2D eigenvalue weighted by Crippen LogP contribution is 2.23. The number of nitrogens with one attached hydrogen (secondary N) is 1. The highest BCUT2D eigenvalue weighted by Gasteiger charge is 2.25. The molecule has 0 amide bonds. The highest BCUT2D eigenvalue weighted by molar-refractivity contribution is 6.18. The first-order valence-electron chi connectivity index (χ1n) is 8.93. The van der Waals surface area contributed by atoms with Crippen LogP contribution in [0.1, 0.15) is 85.5 Å². The van der Waals surface area contributed by atoms with Gasteiger partial charge in [0.15, 0.2) is 0 Å². The van der Waals surface area contributed by atoms with Gasteiger partial charge in [0, 0.05) is 18.0 Å². The van der Waals surface area contributed by atoms with Crippen molar-refractivity contribution in [3.05, 3.63) is 0 Å². The van der Waals surface area contributed by atoms with Crippen LogP contribution in [0, 0.1) is 5.92 Å². The Balaban J connectivity index is 3.64. The van der Waals surface area contributed by atoms with Gasteiger partial charge in [-0.15, -0.1) is 11.6 Å². The minimum Gasteiger partial charge on any atom is -0.391 e. The van der Waals surface area contributed by atoms with Gasteiger partial charge in [-0.05, 0) is 26.2 Å². The molecule has 0 saturated carbocycles. The van der Waals surface area contributed by atoms with Gasteiger partial charge in [-0.25, -0.2) is 0 Å². The summed E-state index contributed by atoms with van der Waals surface area (Å²) in [5, 5.41) is 13.0. The lowest BCUT2D eigenvalue weighted by Crippen LogP contribution is -2.48. The Bertz CT molecular complexity index is 233. The van der Waals surface area contributed by atoms with Crippen LogP contribution in [0.15, 0.2) is 0 Å². The zero-order valence-electron chi connectivity index (χ0n) is 14.8. The van der Waals surface area contributed by atoms with Crippen molar-refractivity contribution in [2.75, 3.05) is 12.4 Å². The van der Waals surface area contributed by atoms with Crippen LogP contribution in [0.3, 0.4) is 0 Å². The number of aliphatic hydroxyl groups is 1. The summed E-state index contributed by atoms with van der Waals surface area (Å²) < 4.78 is 0. The number of aliphatic hydroxyl groups excluding tert-OH is 1. The summed E-state index contributed by atoms with van der Waals surface area (Å²) in [6.45, 7) is 9.61. The van der Waals surface area contributed by atoms with Crippen molar-refractivity contribution in [1.29, 1.82) is 0 Å². The van der Waals surface area contributed by atoms with Gasteiger partial charge in [-0.3, -0.25) is 0 Å². The van der Waals surface area contributed by atoms with Crippen LogP contribution in [-0.2, 0) is 0 Å². The highest BCUT2D eigenvalue weighted by atomic mass is 35.5. The van der Waals surface area contributed by atoms with Crippen LogP contribution < -0.4 is 5.32 Å². The molecule has 2 N–H and O–H groups in total. The Kier molecular flexibility index (Phi) is 12.9. The summed E-state index contributed by atoms with van der Waals surface area (Å²) in [7, 11) is 0. The van der Waals surface area contributed by atoms with E-state index in [9.17, 15) is 5.11 Å². The Morgan fingerprint density at radius 1 is 1.00 bits per heavy atom. The molecular weight excluding hydrogens is 282 g/mol. The molecule has 2 nitrogen and oxygen atoms in total. The average Bonchev–Trinajstić information content (AvgIpc) is 2.47. The molecule has 0 radical (unpaired) electrons. The Hall–Kier alpha value is 0.210. The molecule has 0 heterocycles. The number of β-amino-alcohol motifs (C(OH)–C–C–N with tert-alkyl or cyclic N) is 1. The van der Waals surface area contributed by atoms with Crippen molar-refractivity contribution in [1.82, 2.24) is 5.32 Å². The number of hydrogen-bond acceptors (Lipinski definition) is 2. The summed E-state index contributed by atoms with van der Waals surface area (Å²) in [5.74, 6) is 0.912. The lowest BCUT2D eigenvalue weighted by atomic mass is 9.84. The van der Waals surface area contributed by atoms with Crippen molar-refractivity contribution in [2.24, 2.45) is 5.92 Å². The molecule has 0 aromatic carbocycles. The van der Waals surface area contributed by atoms with Crippen LogP contribution in [0.25, 0.3) is 0 Å². The van der Waals surface area contributed by atoms with Gasteiger partial charge in [0.1, 0.15) is 0 Å². The average molecular weight is 320 g/mol. The quantitative estimate of drug-likeness (QED) is 0.344. The summed E-state index contributed by atoms with van der Waals surface area (Å²) in [4.78, 5) is 0. The maximum absolute atomic E-state index is 9.54. The van der Waals surface area contributed by atoms with E-state index < -0.39 is 6.10 Å². The maximum atomic E-state index is 9.54. The van der Waals surface area contributed by atoms with E-state index in [-0.39, 0.29) is 5.54 Å². The summed E-state index contributed by atoms with van der Waals surface area (Å²) in [5.41, 5.74) is 0.0637. The van der Waals surface area contributed by atoms with Gasteiger partial charge in [-0.1, -0.05) is 65.2 Å². The van der Waals surface area contributed by atoms with Crippen LogP contribution in [-0.4, -0.2) is 29.2 Å². The fourth-order valence-electron chi connectivity index (χ4n) is 2.55. The van der Waals surface area contributed by atoms with Gasteiger partial charge in [0.25, 0.3) is 0 Å². The molecule has 0 saturated heterocycles. The van der Waals surface area contributed by atoms with E-state index in [0.717, 1.165) is 0 Å². The number of alkyl halides is 1. The second kappa shape index (κ2) is 12.7. The van der Waals surface area contributed by atoms with Crippen LogP contribution in [0.5, 0.6) is 0 Å². The molecule has 2 atom stereocenters. The molecule has 0 aromatic rings. The summed E-state index contributed by atoms with van der Waals surface area (Å²) >= 11 is 5.63. The standard InChI is InChI=1S/C18H38ClNO/c1-5-6-7-8-9-10-11-12-13-16(2)18(3,4)20-15-17(21)14-19/h16-17,20-21H,5-15H2,1-4H3. The second-order valence-corrected chi connectivity index (χ2v) is 7.38. The first kappa shape index (κ1) is 21.2. The number of rotatable bonds is 14. The smallest absolute Gasteiger partial charge is 0.0799 e. The minimum absolute atomic E-state index is 0.0637. The molecule has 128 valence electrons. The van der Waals surface area contributed by atoms with Crippen molar-refractivity contribution in [3.63, 3.8) is 0 Å². The van der Waals surface area contributed by atoms with Gasteiger partial charge >= 0.3 is 0 Å². The number of halogens is 1. The van der Waals surface area contributed by atoms with Gasteiger partial charge in [-0.2, -0.15) is 0 Å². The topological polar surface area (TPSA) is 32.3 Å². The first-order chi connectivity index (χ1) is 9.94. The van der Waals surface area contributed by atoms with Gasteiger partial charge in [0.05, 0.1) is 6.10 Å². The van der Waals surface area contributed by atoms with E-state index >= 15 is 0 Å². The fourth-order valence-corrected chi connectivity index (χ4v) is 2.66. The van der Waals surface area contributed by atoms with E-state index in [0.29, 0.717) is 18.3 Å². The lowest BCUT2D eigenvalue weighted by molar-refractivity contribution is 0.161. The van der Waals surface area contributed by atoms with Gasteiger partial charge < -0.3 is 10.4 Å². The van der Waals surface area contributed by atoms with Crippen molar-refractivity contribution in [3.8, 4) is 0 Å². The third-order valence-corrected chi connectivity index (χ3v) is 5.05. The molecule has 0 fully saturated rings. The monoisotopic (exact) mass is 319 g/mol. The predicted molar refractivity (Wildman–Crippen MR) is 95.2 cm³/mol. The largest absolute Gasteiger partial charge is 0.391 e. The Morgan fingerprint density at radius 2 is 1.52 bits per heavy atom. The van der Waals surface area contributed by atoms with E-state index in [4.69, 9.17) is 11.6 Å². The van der Waals surface area contributed by atoms with Crippen LogP contribution >= 0.6 is 11.6 Å². The van der Waals surface area contributed by atoms with Crippen LogP contribution in [0.4, 0.5) is 0 Å². The predicted octanol–water partition coefficient (Wildman–Crippen LogP) is 5.12. The molecule has 0 aromatic heterocycles. The summed E-state index contributed by atoms with van der Waals surface area (Å²) in [6, 6.07) is 0. The van der Waals surface area contributed by atoms with Crippen molar-refractivity contribution >= 4 is 11.6 Å². The molecule has 0 spiro atoms. The fraction of sp³-hybridized carbons (Fsp3) is 1.00. The third-order valence-electron chi connectivity index (χ3n) is 4.69. The zero-order chi connectivity index (χ0) is 16.1. The molecule has 2 unspecified atom stereocenters. The molecule has 0 bridgehead atoms. The minimum atomic E-state index is -0.443. The molecule has 0 aliphatic heterocycles. The second-order valence-electron chi connectivity index (χ2n) is 7.08. The zero-order valence-corrected chi connectivity index (χ0v) is 15.5. The number of unbranched alkanes of at least 4 members (excludes halogenated alkanes) is 7. The van der Waals surface area contributed by atoms with Crippen LogP contribution in [0.2, 0.25) is 0 Å². The molecule has 3 heteroatoms. The van der Waals surface area contributed by atoms with Crippen molar-refractivity contribution in [2.45, 2.75) is 97.1 Å². The summed E-state index contributed by atoms with van der Waals surface area (Å²) in [6.07, 6.45) is 11.8. The normalized spacial score (nSPS) is 15.1. The van der Waals surface area contributed by atoms with Crippen molar-refractivity contribution < 1.29 is 5.11 Å². The van der Waals surface area contributed by atoms with E-state index in [1.807, 2.05) is 0 Å². The van der Waals surface area contributed by atoms with E-state index in [1.165, 1.54) is 57.8 Å². The Labute approximate surface area is 138 Å². The first-order valence-corrected chi connectivity index (χ1v) is 9.46. The number of hydrogen-bond donors (Lipinski definition) is 2. The third kappa shape index (κ3) is 11.4. The molecule has 0 rings (SSSR count). The SMILES string of the molecule is CCCCCCCCCCC(C)C(C)(C)NCC(O)CCl. The lowest BCUT2D eigenvalue weighted by Gasteiger charge is -2.34.